The van der Waals surface area contributed by atoms with E-state index >= 15 is 0 Å². The molecule has 0 radical (unpaired) electrons. The Kier molecular flexibility index (Phi) is 5.14. The van der Waals surface area contributed by atoms with Crippen LogP contribution in [-0.2, 0) is 17.1 Å². The van der Waals surface area contributed by atoms with Crippen LogP contribution < -0.4 is 4.74 Å². The third-order valence-corrected chi connectivity index (χ3v) is 7.40. The zero-order valence-corrected chi connectivity index (χ0v) is 16.3. The van der Waals surface area contributed by atoms with Crippen molar-refractivity contribution in [2.24, 2.45) is 13.0 Å². The third-order valence-electron chi connectivity index (χ3n) is 5.55. The van der Waals surface area contributed by atoms with Gasteiger partial charge >= 0.3 is 0 Å². The highest BCUT2D eigenvalue weighted by molar-refractivity contribution is 7.89. The van der Waals surface area contributed by atoms with Gasteiger partial charge in [0.15, 0.2) is 0 Å². The van der Waals surface area contributed by atoms with Gasteiger partial charge in [-0.1, -0.05) is 6.42 Å². The summed E-state index contributed by atoms with van der Waals surface area (Å²) in [6.45, 7) is 1.56. The number of sulfonamides is 1. The lowest BCUT2D eigenvalue weighted by molar-refractivity contribution is 0.180. The summed E-state index contributed by atoms with van der Waals surface area (Å²) < 4.78 is 34.2. The second-order valence-corrected chi connectivity index (χ2v) is 9.36. The zero-order chi connectivity index (χ0) is 18.9. The number of hydrogen-bond donors (Lipinski definition) is 0. The number of aromatic nitrogens is 4. The van der Waals surface area contributed by atoms with Gasteiger partial charge in [-0.15, -0.1) is 0 Å². The van der Waals surface area contributed by atoms with Crippen molar-refractivity contribution in [1.29, 1.82) is 0 Å². The molecule has 1 saturated heterocycles. The smallest absolute Gasteiger partial charge is 0.246 e. The fourth-order valence-corrected chi connectivity index (χ4v) is 5.02. The van der Waals surface area contributed by atoms with E-state index in [1.54, 1.807) is 23.9 Å². The largest absolute Gasteiger partial charge is 0.477 e. The van der Waals surface area contributed by atoms with Crippen LogP contribution in [0, 0.1) is 5.92 Å². The average Bonchev–Trinajstić information content (AvgIpc) is 3.07. The van der Waals surface area contributed by atoms with E-state index in [1.165, 1.54) is 30.1 Å². The molecule has 2 aliphatic rings. The van der Waals surface area contributed by atoms with E-state index in [9.17, 15) is 8.42 Å². The maximum Gasteiger partial charge on any atom is 0.246 e. The van der Waals surface area contributed by atoms with Gasteiger partial charge in [0.2, 0.25) is 15.9 Å². The van der Waals surface area contributed by atoms with Gasteiger partial charge in [-0.3, -0.25) is 4.68 Å². The van der Waals surface area contributed by atoms with Crippen molar-refractivity contribution in [3.8, 4) is 5.88 Å². The molecule has 27 heavy (non-hydrogen) atoms. The predicted octanol–water partition coefficient (Wildman–Crippen LogP) is 1.96. The van der Waals surface area contributed by atoms with Gasteiger partial charge < -0.3 is 4.74 Å². The molecule has 0 aromatic carbocycles. The van der Waals surface area contributed by atoms with Gasteiger partial charge in [-0.2, -0.15) is 9.40 Å². The summed E-state index contributed by atoms with van der Waals surface area (Å²) in [4.78, 5) is 8.82. The van der Waals surface area contributed by atoms with E-state index in [0.29, 0.717) is 37.4 Å². The van der Waals surface area contributed by atoms with Crippen LogP contribution >= 0.6 is 0 Å². The Balaban J connectivity index is 1.30. The zero-order valence-electron chi connectivity index (χ0n) is 15.5. The molecule has 2 aromatic rings. The van der Waals surface area contributed by atoms with E-state index in [0.717, 1.165) is 18.5 Å². The predicted molar refractivity (Wildman–Crippen MR) is 98.8 cm³/mol. The number of aryl methyl sites for hydroxylation is 1. The Morgan fingerprint density at radius 3 is 2.59 bits per heavy atom. The van der Waals surface area contributed by atoms with Crippen LogP contribution in [-0.4, -0.2) is 52.2 Å². The third kappa shape index (κ3) is 3.98. The fraction of sp³-hybridized carbons (Fsp3) is 0.611. The molecule has 1 aliphatic heterocycles. The molecule has 0 atom stereocenters. The van der Waals surface area contributed by atoms with Crippen LogP contribution in [0.3, 0.4) is 0 Å². The lowest BCUT2D eigenvalue weighted by Gasteiger charge is -2.30. The molecular formula is C18H25N5O3S. The number of ether oxygens (including phenoxy) is 1. The van der Waals surface area contributed by atoms with E-state index in [-0.39, 0.29) is 4.90 Å². The van der Waals surface area contributed by atoms with Crippen molar-refractivity contribution in [1.82, 2.24) is 24.1 Å². The number of piperidine rings is 1. The average molecular weight is 391 g/mol. The maximum absolute atomic E-state index is 12.6. The van der Waals surface area contributed by atoms with E-state index in [4.69, 9.17) is 4.74 Å². The minimum absolute atomic E-state index is 0.254. The van der Waals surface area contributed by atoms with Gasteiger partial charge in [-0.25, -0.2) is 18.4 Å². The molecule has 0 N–H and O–H groups in total. The topological polar surface area (TPSA) is 90.2 Å². The second-order valence-electron chi connectivity index (χ2n) is 7.42. The Labute approximate surface area is 159 Å². The number of hydrogen-bond acceptors (Lipinski definition) is 6. The SMILES string of the molecule is Cn1cc(S(=O)(=O)N2CCC(COc3cc(C4CCC4)ncn3)CC2)cn1. The summed E-state index contributed by atoms with van der Waals surface area (Å²) in [5.74, 6) is 1.50. The Bertz CT molecular complexity index is 886. The molecule has 4 rings (SSSR count). The summed E-state index contributed by atoms with van der Waals surface area (Å²) in [7, 11) is -1.74. The molecule has 2 aromatic heterocycles. The molecule has 1 saturated carbocycles. The summed E-state index contributed by atoms with van der Waals surface area (Å²) >= 11 is 0. The first-order valence-corrected chi connectivity index (χ1v) is 10.9. The van der Waals surface area contributed by atoms with Gasteiger partial charge in [0.05, 0.1) is 18.5 Å². The Morgan fingerprint density at radius 2 is 1.96 bits per heavy atom. The van der Waals surface area contributed by atoms with Crippen molar-refractivity contribution >= 4 is 10.0 Å². The molecule has 0 spiro atoms. The highest BCUT2D eigenvalue weighted by atomic mass is 32.2. The summed E-state index contributed by atoms with van der Waals surface area (Å²) in [6.07, 6.45) is 9.73. The van der Waals surface area contributed by atoms with Crippen LogP contribution in [0.5, 0.6) is 5.88 Å². The minimum Gasteiger partial charge on any atom is -0.477 e. The van der Waals surface area contributed by atoms with Gasteiger partial charge in [0.25, 0.3) is 0 Å². The normalized spacial score (nSPS) is 19.7. The molecule has 146 valence electrons. The molecule has 0 bridgehead atoms. The first-order chi connectivity index (χ1) is 13.0. The van der Waals surface area contributed by atoms with Crippen LogP contribution in [0.15, 0.2) is 29.7 Å². The van der Waals surface area contributed by atoms with E-state index < -0.39 is 10.0 Å². The summed E-state index contributed by atoms with van der Waals surface area (Å²) in [5, 5.41) is 3.96. The molecule has 8 nitrogen and oxygen atoms in total. The van der Waals surface area contributed by atoms with Gasteiger partial charge in [0, 0.05) is 38.3 Å². The first-order valence-electron chi connectivity index (χ1n) is 9.46. The van der Waals surface area contributed by atoms with Crippen molar-refractivity contribution in [2.45, 2.75) is 42.9 Å². The van der Waals surface area contributed by atoms with Gasteiger partial charge in [-0.05, 0) is 31.6 Å². The van der Waals surface area contributed by atoms with Crippen molar-refractivity contribution < 1.29 is 13.2 Å². The summed E-state index contributed by atoms with van der Waals surface area (Å²) in [6, 6.07) is 1.95. The van der Waals surface area contributed by atoms with Crippen LogP contribution in [0.1, 0.15) is 43.7 Å². The highest BCUT2D eigenvalue weighted by Gasteiger charge is 2.30. The lowest BCUT2D eigenvalue weighted by atomic mass is 9.83. The first kappa shape index (κ1) is 18.4. The molecule has 0 amide bonds. The van der Waals surface area contributed by atoms with Crippen molar-refractivity contribution in [3.05, 3.63) is 30.5 Å². The Hall–Kier alpha value is -2.00. The number of rotatable bonds is 6. The van der Waals surface area contributed by atoms with Crippen LogP contribution in [0.2, 0.25) is 0 Å². The Morgan fingerprint density at radius 1 is 1.19 bits per heavy atom. The highest BCUT2D eigenvalue weighted by Crippen LogP contribution is 2.35. The molecule has 1 aliphatic carbocycles. The van der Waals surface area contributed by atoms with Gasteiger partial charge in [0.1, 0.15) is 11.2 Å². The van der Waals surface area contributed by atoms with E-state index in [1.807, 2.05) is 6.07 Å². The fourth-order valence-electron chi connectivity index (χ4n) is 3.56. The molecular weight excluding hydrogens is 366 g/mol. The molecule has 9 heteroatoms. The van der Waals surface area contributed by atoms with Crippen molar-refractivity contribution in [3.63, 3.8) is 0 Å². The quantitative estimate of drug-likeness (QED) is 0.748. The second kappa shape index (κ2) is 7.55. The van der Waals surface area contributed by atoms with Crippen LogP contribution in [0.4, 0.5) is 0 Å². The molecule has 0 unspecified atom stereocenters. The van der Waals surface area contributed by atoms with E-state index in [2.05, 4.69) is 15.1 Å². The maximum atomic E-state index is 12.6. The number of nitrogens with zero attached hydrogens (tertiary/aromatic N) is 5. The van der Waals surface area contributed by atoms with Crippen LogP contribution in [0.25, 0.3) is 0 Å². The van der Waals surface area contributed by atoms with Crippen molar-refractivity contribution in [2.75, 3.05) is 19.7 Å². The molecule has 2 fully saturated rings. The standard InChI is InChI=1S/C18H25N5O3S/c1-22-11-16(10-21-22)27(24,25)23-7-5-14(6-8-23)12-26-18-9-17(19-13-20-18)15-3-2-4-15/h9-11,13-15H,2-8,12H2,1H3. The minimum atomic E-state index is -3.45. The monoisotopic (exact) mass is 391 g/mol. The lowest BCUT2D eigenvalue weighted by Crippen LogP contribution is -2.39. The molecule has 3 heterocycles. The summed E-state index contributed by atoms with van der Waals surface area (Å²) in [5.41, 5.74) is 1.07.